The van der Waals surface area contributed by atoms with Gasteiger partial charge in [0.15, 0.2) is 0 Å². The minimum absolute atomic E-state index is 0.0844. The van der Waals surface area contributed by atoms with Gasteiger partial charge in [-0.3, -0.25) is 4.52 Å². The van der Waals surface area contributed by atoms with E-state index in [1.165, 1.54) is 0 Å². The van der Waals surface area contributed by atoms with Crippen LogP contribution >= 0.6 is 19.4 Å². The normalized spacial score (nSPS) is 13.4. The van der Waals surface area contributed by atoms with E-state index >= 15 is 0 Å². The number of rotatable bonds is 6. The van der Waals surface area contributed by atoms with Crippen molar-refractivity contribution in [1.29, 1.82) is 0 Å². The average molecular weight is 296 g/mol. The van der Waals surface area contributed by atoms with Gasteiger partial charge in [-0.1, -0.05) is 11.6 Å². The van der Waals surface area contributed by atoms with E-state index in [0.29, 0.717) is 10.8 Å². The maximum Gasteiger partial charge on any atom is 0.469 e. The van der Waals surface area contributed by atoms with Crippen molar-refractivity contribution < 1.29 is 23.6 Å². The maximum atomic E-state index is 10.5. The van der Waals surface area contributed by atoms with Crippen molar-refractivity contribution in [3.8, 4) is 5.75 Å². The number of aryl methyl sites for hydroxylation is 1. The number of phosphoric ester groups is 1. The van der Waals surface area contributed by atoms with Crippen molar-refractivity contribution in [2.75, 3.05) is 13.2 Å². The molecule has 0 aliphatic heterocycles. The molecule has 0 fully saturated rings. The first-order chi connectivity index (χ1) is 8.28. The molecule has 0 aliphatic carbocycles. The lowest BCUT2D eigenvalue weighted by atomic mass is 10.2. The largest absolute Gasteiger partial charge is 0.492 e. The topological polar surface area (TPSA) is 102 Å². The number of halogens is 1. The average Bonchev–Trinajstić information content (AvgIpc) is 2.27. The van der Waals surface area contributed by atoms with Gasteiger partial charge in [0.1, 0.15) is 12.4 Å². The molecule has 102 valence electrons. The molecule has 0 aromatic heterocycles. The highest BCUT2D eigenvalue weighted by molar-refractivity contribution is 7.46. The van der Waals surface area contributed by atoms with Gasteiger partial charge < -0.3 is 20.3 Å². The van der Waals surface area contributed by atoms with E-state index in [4.69, 9.17) is 31.9 Å². The molecule has 1 atom stereocenters. The zero-order valence-corrected chi connectivity index (χ0v) is 11.4. The summed E-state index contributed by atoms with van der Waals surface area (Å²) < 4.78 is 20.1. The van der Waals surface area contributed by atoms with E-state index in [2.05, 4.69) is 4.52 Å². The van der Waals surface area contributed by atoms with Crippen LogP contribution in [0.2, 0.25) is 5.02 Å². The molecule has 0 unspecified atom stereocenters. The Hall–Kier alpha value is -0.620. The van der Waals surface area contributed by atoms with Gasteiger partial charge in [-0.2, -0.15) is 0 Å². The van der Waals surface area contributed by atoms with Crippen LogP contribution in [-0.2, 0) is 9.09 Å². The fourth-order valence-corrected chi connectivity index (χ4v) is 1.65. The zero-order chi connectivity index (χ0) is 13.8. The molecular formula is C10H15ClNO5P. The molecular weight excluding hydrogens is 281 g/mol. The summed E-state index contributed by atoms with van der Waals surface area (Å²) in [7, 11) is -4.48. The van der Waals surface area contributed by atoms with Gasteiger partial charge in [0, 0.05) is 5.02 Å². The first-order valence-electron chi connectivity index (χ1n) is 5.12. The molecule has 6 nitrogen and oxygen atoms in total. The molecule has 1 aromatic rings. The number of hydrogen-bond donors (Lipinski definition) is 3. The number of benzene rings is 1. The van der Waals surface area contributed by atoms with Crippen LogP contribution in [0.1, 0.15) is 5.56 Å². The van der Waals surface area contributed by atoms with Crippen LogP contribution in [0.3, 0.4) is 0 Å². The highest BCUT2D eigenvalue weighted by Crippen LogP contribution is 2.35. The zero-order valence-electron chi connectivity index (χ0n) is 9.75. The summed E-state index contributed by atoms with van der Waals surface area (Å²) in [6.07, 6.45) is 0. The van der Waals surface area contributed by atoms with Crippen LogP contribution in [0.25, 0.3) is 0 Å². The van der Waals surface area contributed by atoms with E-state index in [1.807, 2.05) is 6.92 Å². The van der Waals surface area contributed by atoms with E-state index in [9.17, 15) is 4.57 Å². The van der Waals surface area contributed by atoms with Crippen LogP contribution in [0.15, 0.2) is 18.2 Å². The Morgan fingerprint density at radius 2 is 2.11 bits per heavy atom. The summed E-state index contributed by atoms with van der Waals surface area (Å²) in [5.74, 6) is 0.587. The molecule has 1 aromatic carbocycles. The standard InChI is InChI=1S/C10H15ClNO5P/c1-7-4-9(2-3-10(7)11)16-5-8(12)6-17-18(13,14)15/h2-4,8H,5-6,12H2,1H3,(H2,13,14,15)/t8-/m1/s1. The molecule has 0 amide bonds. The third-order valence-corrected chi connectivity index (χ3v) is 2.96. The number of nitrogens with two attached hydrogens (primary N) is 1. The van der Waals surface area contributed by atoms with Gasteiger partial charge >= 0.3 is 7.82 Å². The lowest BCUT2D eigenvalue weighted by Crippen LogP contribution is -2.32. The second kappa shape index (κ2) is 6.52. The Balaban J connectivity index is 2.40. The third-order valence-electron chi connectivity index (χ3n) is 2.05. The van der Waals surface area contributed by atoms with E-state index in [1.54, 1.807) is 18.2 Å². The minimum Gasteiger partial charge on any atom is -0.492 e. The van der Waals surface area contributed by atoms with E-state index < -0.39 is 13.9 Å². The second-order valence-corrected chi connectivity index (χ2v) is 5.41. The summed E-state index contributed by atoms with van der Waals surface area (Å²) >= 11 is 5.86. The maximum absolute atomic E-state index is 10.5. The van der Waals surface area contributed by atoms with E-state index in [-0.39, 0.29) is 13.2 Å². The fourth-order valence-electron chi connectivity index (χ4n) is 1.15. The summed E-state index contributed by atoms with van der Waals surface area (Å²) in [4.78, 5) is 17.0. The van der Waals surface area contributed by atoms with Crippen molar-refractivity contribution in [2.45, 2.75) is 13.0 Å². The first-order valence-corrected chi connectivity index (χ1v) is 7.03. The predicted octanol–water partition coefficient (Wildman–Crippen LogP) is 1.46. The summed E-state index contributed by atoms with van der Waals surface area (Å²) in [6.45, 7) is 1.64. The van der Waals surface area contributed by atoms with Crippen molar-refractivity contribution in [1.82, 2.24) is 0 Å². The van der Waals surface area contributed by atoms with Gasteiger partial charge in [-0.25, -0.2) is 4.57 Å². The smallest absolute Gasteiger partial charge is 0.469 e. The van der Waals surface area contributed by atoms with Crippen molar-refractivity contribution in [3.05, 3.63) is 28.8 Å². The molecule has 0 saturated carbocycles. The molecule has 0 heterocycles. The van der Waals surface area contributed by atoms with Crippen LogP contribution < -0.4 is 10.5 Å². The first kappa shape index (κ1) is 15.4. The third kappa shape index (κ3) is 5.82. The van der Waals surface area contributed by atoms with Crippen molar-refractivity contribution >= 4 is 19.4 Å². The van der Waals surface area contributed by atoms with Gasteiger partial charge in [0.05, 0.1) is 12.6 Å². The van der Waals surface area contributed by atoms with Crippen LogP contribution in [0.5, 0.6) is 5.75 Å². The second-order valence-electron chi connectivity index (χ2n) is 3.77. The monoisotopic (exact) mass is 295 g/mol. The number of hydrogen-bond acceptors (Lipinski definition) is 4. The summed E-state index contributed by atoms with van der Waals surface area (Å²) in [5, 5.41) is 0.636. The Bertz CT molecular complexity index is 450. The van der Waals surface area contributed by atoms with Gasteiger partial charge in [0.2, 0.25) is 0 Å². The highest BCUT2D eigenvalue weighted by atomic mass is 35.5. The van der Waals surface area contributed by atoms with Gasteiger partial charge in [0.25, 0.3) is 0 Å². The Labute approximate surface area is 110 Å². The molecule has 8 heteroatoms. The van der Waals surface area contributed by atoms with Crippen molar-refractivity contribution in [3.63, 3.8) is 0 Å². The van der Waals surface area contributed by atoms with E-state index in [0.717, 1.165) is 5.56 Å². The molecule has 4 N–H and O–H groups in total. The molecule has 0 spiro atoms. The van der Waals surface area contributed by atoms with Crippen LogP contribution in [0.4, 0.5) is 0 Å². The number of phosphoric acid groups is 1. The Kier molecular flexibility index (Phi) is 5.59. The molecule has 18 heavy (non-hydrogen) atoms. The Morgan fingerprint density at radius 3 is 2.67 bits per heavy atom. The SMILES string of the molecule is Cc1cc(OC[C@@H](N)COP(=O)(O)O)ccc1Cl. The molecule has 0 radical (unpaired) electrons. The molecule has 0 bridgehead atoms. The summed E-state index contributed by atoms with van der Waals surface area (Å²) in [5.41, 5.74) is 6.45. The van der Waals surface area contributed by atoms with Crippen molar-refractivity contribution in [2.24, 2.45) is 5.73 Å². The number of ether oxygens (including phenoxy) is 1. The lowest BCUT2D eigenvalue weighted by molar-refractivity contribution is 0.166. The quantitative estimate of drug-likeness (QED) is 0.687. The van der Waals surface area contributed by atoms with Crippen LogP contribution in [0, 0.1) is 6.92 Å². The molecule has 0 saturated heterocycles. The highest BCUT2D eigenvalue weighted by Gasteiger charge is 2.16. The summed E-state index contributed by atoms with van der Waals surface area (Å²) in [6, 6.07) is 4.50. The fraction of sp³-hybridized carbons (Fsp3) is 0.400. The molecule has 1 rings (SSSR count). The Morgan fingerprint density at radius 1 is 1.44 bits per heavy atom. The molecule has 0 aliphatic rings. The predicted molar refractivity (Wildman–Crippen MR) is 67.7 cm³/mol. The van der Waals surface area contributed by atoms with Gasteiger partial charge in [-0.15, -0.1) is 0 Å². The van der Waals surface area contributed by atoms with Crippen LogP contribution in [-0.4, -0.2) is 29.0 Å². The lowest BCUT2D eigenvalue weighted by Gasteiger charge is -2.14. The minimum atomic E-state index is -4.48. The van der Waals surface area contributed by atoms with Gasteiger partial charge in [-0.05, 0) is 30.7 Å².